The molecule has 0 spiro atoms. The van der Waals surface area contributed by atoms with Gasteiger partial charge in [-0.1, -0.05) is 19.4 Å². The molecule has 0 aliphatic heterocycles. The lowest BCUT2D eigenvalue weighted by Gasteiger charge is -2.41. The first-order chi connectivity index (χ1) is 17.6. The van der Waals surface area contributed by atoms with E-state index in [0.29, 0.717) is 17.0 Å². The summed E-state index contributed by atoms with van der Waals surface area (Å²) in [4.78, 5) is 29.0. The van der Waals surface area contributed by atoms with Crippen LogP contribution < -0.4 is 10.2 Å². The topological polar surface area (TPSA) is 86.1 Å². The number of amides is 2. The van der Waals surface area contributed by atoms with Gasteiger partial charge in [0.05, 0.1) is 12.3 Å². The number of carbonyl (C=O) groups is 2. The fourth-order valence-electron chi connectivity index (χ4n) is 4.06. The Kier molecular flexibility index (Phi) is 7.23. The number of benzene rings is 1. The Morgan fingerprint density at radius 3 is 2.15 bits per heavy atom. The summed E-state index contributed by atoms with van der Waals surface area (Å²) in [5.74, 6) is -6.05. The molecule has 0 saturated heterocycles. The van der Waals surface area contributed by atoms with Crippen LogP contribution in [-0.4, -0.2) is 28.8 Å². The van der Waals surface area contributed by atoms with E-state index in [1.54, 1.807) is 6.07 Å². The zero-order valence-corrected chi connectivity index (χ0v) is 21.4. The Balaban J connectivity index is 2.14. The highest BCUT2D eigenvalue weighted by molar-refractivity contribution is 8.45. The van der Waals surface area contributed by atoms with Gasteiger partial charge in [0.25, 0.3) is 0 Å². The maximum Gasteiger partial charge on any atom is 0.310 e. The zero-order valence-electron chi connectivity index (χ0n) is 20.6. The van der Waals surface area contributed by atoms with Crippen molar-refractivity contribution in [1.82, 2.24) is 10.3 Å². The number of hydrogen-bond acceptors (Lipinski definition) is 4. The lowest BCUT2D eigenvalue weighted by Crippen LogP contribution is -2.51. The standard InChI is InChI=1S/C24H24F8N4O2S/c1-23(2,14-33)22(38)36(18-3-5-19(6-4-18)39(28,29,30,31)32)20(15-11-16(25)13-34-12-15)21(37)35-17-7-9-24(26,27)10-8-17/h3-6,11-13,17,20H,7-10H2,1-2H3,(H,35,37). The highest BCUT2D eigenvalue weighted by Crippen LogP contribution is 3.02. The third kappa shape index (κ3) is 7.17. The number of anilines is 1. The van der Waals surface area contributed by atoms with Crippen molar-refractivity contribution in [3.05, 3.63) is 54.1 Å². The van der Waals surface area contributed by atoms with Crippen molar-refractivity contribution < 1.29 is 42.2 Å². The van der Waals surface area contributed by atoms with Crippen LogP contribution in [0.15, 0.2) is 47.6 Å². The second-order valence-corrected chi connectivity index (χ2v) is 12.3. The van der Waals surface area contributed by atoms with E-state index < -0.39 is 74.7 Å². The number of nitrogens with one attached hydrogen (secondary N) is 1. The SMILES string of the molecule is CC(C)(C#N)C(=O)N(c1ccc(S(F)(F)(F)(F)F)cc1)C(C(=O)NC1CCC(F)(F)CC1)c1cncc(F)c1. The Bertz CT molecular complexity index is 1300. The molecule has 1 N–H and O–H groups in total. The number of carbonyl (C=O) groups excluding carboxylic acids is 2. The molecule has 1 aromatic heterocycles. The van der Waals surface area contributed by atoms with Crippen molar-refractivity contribution in [2.24, 2.45) is 5.41 Å². The Morgan fingerprint density at radius 2 is 1.67 bits per heavy atom. The Hall–Kier alpha value is -3.41. The zero-order chi connectivity index (χ0) is 29.5. The van der Waals surface area contributed by atoms with E-state index in [1.807, 2.05) is 0 Å². The monoisotopic (exact) mass is 584 g/mol. The second-order valence-electron chi connectivity index (χ2n) is 9.85. The van der Waals surface area contributed by atoms with Crippen LogP contribution in [0.3, 0.4) is 0 Å². The molecular formula is C24H24F8N4O2S. The molecule has 1 atom stereocenters. The number of nitrogens with zero attached hydrogens (tertiary/aromatic N) is 3. The van der Waals surface area contributed by atoms with Gasteiger partial charge in [-0.05, 0) is 57.0 Å². The third-order valence-corrected chi connectivity index (χ3v) is 7.37. The van der Waals surface area contributed by atoms with Gasteiger partial charge in [-0.3, -0.25) is 19.5 Å². The fraction of sp³-hybridized carbons (Fsp3) is 0.417. The molecule has 1 aliphatic carbocycles. The highest BCUT2D eigenvalue weighted by Gasteiger charge is 2.65. The van der Waals surface area contributed by atoms with Gasteiger partial charge in [-0.15, -0.1) is 0 Å². The summed E-state index contributed by atoms with van der Waals surface area (Å²) in [6, 6.07) is 0.965. The average molecular weight is 585 g/mol. The van der Waals surface area contributed by atoms with E-state index in [0.717, 1.165) is 32.3 Å². The average Bonchev–Trinajstić information content (AvgIpc) is 2.82. The van der Waals surface area contributed by atoms with Crippen LogP contribution in [0.5, 0.6) is 0 Å². The van der Waals surface area contributed by atoms with E-state index in [2.05, 4.69) is 10.3 Å². The van der Waals surface area contributed by atoms with Crippen molar-refractivity contribution >= 4 is 27.7 Å². The first-order valence-corrected chi connectivity index (χ1v) is 13.5. The number of alkyl halides is 2. The molecule has 2 amide bonds. The molecule has 214 valence electrons. The highest BCUT2D eigenvalue weighted by atomic mass is 32.5. The van der Waals surface area contributed by atoms with Crippen LogP contribution in [0.2, 0.25) is 0 Å². The summed E-state index contributed by atoms with van der Waals surface area (Å²) in [6.07, 6.45) is 0.419. The maximum atomic E-state index is 14.1. The van der Waals surface area contributed by atoms with Crippen LogP contribution in [0, 0.1) is 22.6 Å². The van der Waals surface area contributed by atoms with Crippen molar-refractivity contribution in [3.8, 4) is 6.07 Å². The van der Waals surface area contributed by atoms with Gasteiger partial charge in [0, 0.05) is 36.3 Å². The van der Waals surface area contributed by atoms with Gasteiger partial charge >= 0.3 is 10.2 Å². The van der Waals surface area contributed by atoms with Crippen molar-refractivity contribution in [2.45, 2.75) is 62.4 Å². The normalized spacial score (nSPS) is 18.7. The lowest BCUT2D eigenvalue weighted by molar-refractivity contribution is -0.130. The lowest BCUT2D eigenvalue weighted by atomic mass is 9.90. The molecule has 1 aromatic carbocycles. The molecule has 2 aromatic rings. The number of halogens is 8. The summed E-state index contributed by atoms with van der Waals surface area (Å²) in [5, 5.41) is 12.0. The van der Waals surface area contributed by atoms with E-state index >= 15 is 0 Å². The summed E-state index contributed by atoms with van der Waals surface area (Å²) < 4.78 is 108. The second kappa shape index (κ2) is 9.35. The quantitative estimate of drug-likeness (QED) is 0.349. The molecule has 1 fully saturated rings. The minimum atomic E-state index is -10.1. The molecular weight excluding hydrogens is 560 g/mol. The predicted molar refractivity (Wildman–Crippen MR) is 127 cm³/mol. The first-order valence-electron chi connectivity index (χ1n) is 11.5. The minimum absolute atomic E-state index is 0.0263. The summed E-state index contributed by atoms with van der Waals surface area (Å²) in [7, 11) is -10.1. The minimum Gasteiger partial charge on any atom is -0.351 e. The first kappa shape index (κ1) is 30.1. The number of pyridine rings is 1. The van der Waals surface area contributed by atoms with Gasteiger partial charge in [-0.25, -0.2) is 13.2 Å². The molecule has 6 nitrogen and oxygen atoms in total. The number of hydrogen-bond donors (Lipinski definition) is 1. The van der Waals surface area contributed by atoms with Crippen LogP contribution in [0.4, 0.5) is 38.3 Å². The van der Waals surface area contributed by atoms with E-state index in [9.17, 15) is 47.5 Å². The molecule has 39 heavy (non-hydrogen) atoms. The largest absolute Gasteiger partial charge is 0.351 e. The van der Waals surface area contributed by atoms with Crippen LogP contribution in [0.25, 0.3) is 0 Å². The van der Waals surface area contributed by atoms with Crippen molar-refractivity contribution in [2.75, 3.05) is 4.90 Å². The van der Waals surface area contributed by atoms with Gasteiger partial charge in [-0.2, -0.15) is 5.26 Å². The van der Waals surface area contributed by atoms with E-state index in [4.69, 9.17) is 0 Å². The summed E-state index contributed by atoms with van der Waals surface area (Å²) >= 11 is 0. The smallest absolute Gasteiger partial charge is 0.310 e. The number of nitriles is 1. The molecule has 1 aliphatic rings. The number of aromatic nitrogens is 1. The summed E-state index contributed by atoms with van der Waals surface area (Å²) in [5.41, 5.74) is -2.66. The van der Waals surface area contributed by atoms with Crippen molar-refractivity contribution in [3.63, 3.8) is 0 Å². The van der Waals surface area contributed by atoms with Crippen molar-refractivity contribution in [1.29, 1.82) is 5.26 Å². The number of rotatable bonds is 7. The molecule has 1 unspecified atom stereocenters. The molecule has 15 heteroatoms. The third-order valence-electron chi connectivity index (χ3n) is 6.21. The van der Waals surface area contributed by atoms with Crippen LogP contribution >= 0.6 is 10.2 Å². The van der Waals surface area contributed by atoms with Gasteiger partial charge < -0.3 is 5.32 Å². The Labute approximate surface area is 218 Å². The van der Waals surface area contributed by atoms with Gasteiger partial charge in [0.15, 0.2) is 0 Å². The molecule has 0 bridgehead atoms. The Morgan fingerprint density at radius 1 is 1.10 bits per heavy atom. The molecule has 1 heterocycles. The van der Waals surface area contributed by atoms with E-state index in [1.165, 1.54) is 0 Å². The van der Waals surface area contributed by atoms with Gasteiger partial charge in [0.2, 0.25) is 17.7 Å². The van der Waals surface area contributed by atoms with Crippen LogP contribution in [0.1, 0.15) is 51.1 Å². The van der Waals surface area contributed by atoms with Crippen LogP contribution in [-0.2, 0) is 9.59 Å². The van der Waals surface area contributed by atoms with Gasteiger partial charge in [0.1, 0.15) is 22.2 Å². The maximum absolute atomic E-state index is 14.1. The van der Waals surface area contributed by atoms with E-state index in [-0.39, 0.29) is 30.5 Å². The molecule has 0 radical (unpaired) electrons. The fourth-order valence-corrected chi connectivity index (χ4v) is 4.71. The summed E-state index contributed by atoms with van der Waals surface area (Å²) in [6.45, 7) is 2.29. The molecule has 1 saturated carbocycles. The molecule has 3 rings (SSSR count). The predicted octanol–water partition coefficient (Wildman–Crippen LogP) is 7.20.